The van der Waals surface area contributed by atoms with Gasteiger partial charge in [-0.2, -0.15) is 0 Å². The van der Waals surface area contributed by atoms with Gasteiger partial charge in [0.05, 0.1) is 12.8 Å². The van der Waals surface area contributed by atoms with E-state index < -0.39 is 0 Å². The zero-order chi connectivity index (χ0) is 13.4. The number of hydrogen-bond acceptors (Lipinski definition) is 4. The number of hydrogen-bond donors (Lipinski definition) is 1. The van der Waals surface area contributed by atoms with Gasteiger partial charge >= 0.3 is 0 Å². The summed E-state index contributed by atoms with van der Waals surface area (Å²) in [6, 6.07) is 8.34. The molecule has 0 fully saturated rings. The van der Waals surface area contributed by atoms with E-state index in [2.05, 4.69) is 35.4 Å². The standard InChI is InChI=1S/C15H16N2OS/c1-9-8-16-13(10(2)14(9)18-3)15-17-11-6-4-5-7-12(11)19-15/h4-8,15,17H,1-3H3. The van der Waals surface area contributed by atoms with Gasteiger partial charge in [0.2, 0.25) is 0 Å². The van der Waals surface area contributed by atoms with Crippen LogP contribution in [-0.4, -0.2) is 12.1 Å². The van der Waals surface area contributed by atoms with Gasteiger partial charge in [-0.05, 0) is 26.0 Å². The first-order valence-electron chi connectivity index (χ1n) is 6.23. The fourth-order valence-electron chi connectivity index (χ4n) is 2.42. The predicted molar refractivity (Wildman–Crippen MR) is 78.9 cm³/mol. The first-order valence-corrected chi connectivity index (χ1v) is 7.11. The molecule has 19 heavy (non-hydrogen) atoms. The van der Waals surface area contributed by atoms with Crippen molar-refractivity contribution in [1.82, 2.24) is 4.98 Å². The van der Waals surface area contributed by atoms with Crippen LogP contribution in [0.1, 0.15) is 22.2 Å². The molecule has 0 aliphatic carbocycles. The third-order valence-electron chi connectivity index (χ3n) is 3.35. The van der Waals surface area contributed by atoms with Gasteiger partial charge in [0.1, 0.15) is 11.1 Å². The van der Waals surface area contributed by atoms with Crippen molar-refractivity contribution in [2.45, 2.75) is 24.1 Å². The van der Waals surface area contributed by atoms with Crippen LogP contribution < -0.4 is 10.1 Å². The van der Waals surface area contributed by atoms with Gasteiger partial charge < -0.3 is 10.1 Å². The van der Waals surface area contributed by atoms with Crippen LogP contribution in [0.15, 0.2) is 35.4 Å². The summed E-state index contributed by atoms with van der Waals surface area (Å²) < 4.78 is 5.48. The van der Waals surface area contributed by atoms with Crippen molar-refractivity contribution in [3.63, 3.8) is 0 Å². The number of methoxy groups -OCH3 is 1. The van der Waals surface area contributed by atoms with E-state index in [0.717, 1.165) is 22.6 Å². The van der Waals surface area contributed by atoms with Crippen molar-refractivity contribution in [1.29, 1.82) is 0 Å². The summed E-state index contributed by atoms with van der Waals surface area (Å²) in [5.41, 5.74) is 4.41. The maximum Gasteiger partial charge on any atom is 0.128 e. The van der Waals surface area contributed by atoms with Gasteiger partial charge in [0.25, 0.3) is 0 Å². The third kappa shape index (κ3) is 2.06. The number of ether oxygens (including phenoxy) is 1. The zero-order valence-electron chi connectivity index (χ0n) is 11.2. The second kappa shape index (κ2) is 4.78. The van der Waals surface area contributed by atoms with Crippen LogP contribution in [0.5, 0.6) is 5.75 Å². The van der Waals surface area contributed by atoms with E-state index in [9.17, 15) is 0 Å². The molecular weight excluding hydrogens is 256 g/mol. The summed E-state index contributed by atoms with van der Waals surface area (Å²) >= 11 is 1.80. The summed E-state index contributed by atoms with van der Waals surface area (Å²) in [6.07, 6.45) is 1.88. The molecule has 0 radical (unpaired) electrons. The van der Waals surface area contributed by atoms with E-state index in [-0.39, 0.29) is 5.37 Å². The van der Waals surface area contributed by atoms with Crippen molar-refractivity contribution in [2.75, 3.05) is 12.4 Å². The fourth-order valence-corrected chi connectivity index (χ4v) is 3.62. The quantitative estimate of drug-likeness (QED) is 0.898. The van der Waals surface area contributed by atoms with Crippen molar-refractivity contribution >= 4 is 17.4 Å². The van der Waals surface area contributed by atoms with Gasteiger partial charge in [-0.25, -0.2) is 0 Å². The van der Waals surface area contributed by atoms with Crippen molar-refractivity contribution in [3.05, 3.63) is 47.3 Å². The summed E-state index contributed by atoms with van der Waals surface area (Å²) in [5.74, 6) is 0.934. The highest BCUT2D eigenvalue weighted by Gasteiger charge is 2.26. The van der Waals surface area contributed by atoms with E-state index in [1.807, 2.05) is 19.2 Å². The molecule has 0 bridgehead atoms. The Morgan fingerprint density at radius 2 is 2.05 bits per heavy atom. The minimum absolute atomic E-state index is 0.159. The highest BCUT2D eigenvalue weighted by molar-refractivity contribution is 8.00. The summed E-state index contributed by atoms with van der Waals surface area (Å²) in [5, 5.41) is 3.67. The van der Waals surface area contributed by atoms with E-state index in [1.54, 1.807) is 18.9 Å². The number of aryl methyl sites for hydroxylation is 1. The SMILES string of the molecule is COc1c(C)cnc(C2Nc3ccccc3S2)c1C. The molecule has 1 unspecified atom stereocenters. The molecule has 0 amide bonds. The third-order valence-corrected chi connectivity index (χ3v) is 4.54. The molecule has 0 saturated carbocycles. The number of pyridine rings is 1. The molecular formula is C15H16N2OS. The Morgan fingerprint density at radius 3 is 2.79 bits per heavy atom. The van der Waals surface area contributed by atoms with Crippen molar-refractivity contribution < 1.29 is 4.74 Å². The van der Waals surface area contributed by atoms with Crippen LogP contribution in [0.25, 0.3) is 0 Å². The fraction of sp³-hybridized carbons (Fsp3) is 0.267. The smallest absolute Gasteiger partial charge is 0.128 e. The maximum absolute atomic E-state index is 5.48. The van der Waals surface area contributed by atoms with E-state index >= 15 is 0 Å². The lowest BCUT2D eigenvalue weighted by Crippen LogP contribution is -2.08. The highest BCUT2D eigenvalue weighted by Crippen LogP contribution is 2.47. The van der Waals surface area contributed by atoms with Gasteiger partial charge in [0, 0.05) is 27.9 Å². The zero-order valence-corrected chi connectivity index (χ0v) is 12.0. The topological polar surface area (TPSA) is 34.1 Å². The van der Waals surface area contributed by atoms with Gasteiger partial charge in [-0.1, -0.05) is 23.9 Å². The summed E-state index contributed by atoms with van der Waals surface area (Å²) in [7, 11) is 1.71. The number of rotatable bonds is 2. The second-order valence-corrected chi connectivity index (χ2v) is 5.77. The molecule has 2 heterocycles. The monoisotopic (exact) mass is 272 g/mol. The molecule has 1 atom stereocenters. The predicted octanol–water partition coefficient (Wildman–Crippen LogP) is 3.92. The van der Waals surface area contributed by atoms with Crippen LogP contribution in [0.4, 0.5) is 5.69 Å². The Kier molecular flexibility index (Phi) is 3.11. The molecule has 1 N–H and O–H groups in total. The van der Waals surface area contributed by atoms with Gasteiger partial charge in [0.15, 0.2) is 0 Å². The Labute approximate surface area is 117 Å². The largest absolute Gasteiger partial charge is 0.496 e. The number of nitrogens with zero attached hydrogens (tertiary/aromatic N) is 1. The number of thioether (sulfide) groups is 1. The molecule has 98 valence electrons. The van der Waals surface area contributed by atoms with Crippen LogP contribution >= 0.6 is 11.8 Å². The number of benzene rings is 1. The van der Waals surface area contributed by atoms with E-state index in [1.165, 1.54) is 10.6 Å². The Morgan fingerprint density at radius 1 is 1.26 bits per heavy atom. The summed E-state index contributed by atoms with van der Waals surface area (Å²) in [6.45, 7) is 4.09. The van der Waals surface area contributed by atoms with Crippen LogP contribution in [0.3, 0.4) is 0 Å². The molecule has 3 rings (SSSR count). The van der Waals surface area contributed by atoms with Crippen LogP contribution in [-0.2, 0) is 0 Å². The van der Waals surface area contributed by atoms with Crippen LogP contribution in [0.2, 0.25) is 0 Å². The molecule has 0 spiro atoms. The molecule has 2 aromatic rings. The Bertz CT molecular complexity index is 603. The minimum Gasteiger partial charge on any atom is -0.496 e. The minimum atomic E-state index is 0.159. The lowest BCUT2D eigenvalue weighted by Gasteiger charge is -2.16. The number of anilines is 1. The first kappa shape index (κ1) is 12.4. The highest BCUT2D eigenvalue weighted by atomic mass is 32.2. The second-order valence-electron chi connectivity index (χ2n) is 4.62. The number of fused-ring (bicyclic) bond motifs is 1. The van der Waals surface area contributed by atoms with Gasteiger partial charge in [-0.15, -0.1) is 0 Å². The average Bonchev–Trinajstić information content (AvgIpc) is 2.82. The molecule has 1 aromatic carbocycles. The summed E-state index contributed by atoms with van der Waals surface area (Å²) in [4.78, 5) is 5.86. The molecule has 0 saturated heterocycles. The lowest BCUT2D eigenvalue weighted by molar-refractivity contribution is 0.407. The van der Waals surface area contributed by atoms with Crippen molar-refractivity contribution in [3.8, 4) is 5.75 Å². The normalized spacial score (nSPS) is 16.9. The molecule has 3 nitrogen and oxygen atoms in total. The molecule has 1 aliphatic heterocycles. The maximum atomic E-state index is 5.48. The Hall–Kier alpha value is -1.68. The average molecular weight is 272 g/mol. The van der Waals surface area contributed by atoms with E-state index in [0.29, 0.717) is 0 Å². The first-order chi connectivity index (χ1) is 9.20. The molecule has 1 aromatic heterocycles. The van der Waals surface area contributed by atoms with Gasteiger partial charge in [-0.3, -0.25) is 4.98 Å². The van der Waals surface area contributed by atoms with E-state index in [4.69, 9.17) is 4.74 Å². The van der Waals surface area contributed by atoms with Crippen molar-refractivity contribution in [2.24, 2.45) is 0 Å². The number of aromatic nitrogens is 1. The Balaban J connectivity index is 1.98. The molecule has 4 heteroatoms. The molecule has 1 aliphatic rings. The lowest BCUT2D eigenvalue weighted by atomic mass is 10.1. The number of nitrogens with one attached hydrogen (secondary N) is 1. The van der Waals surface area contributed by atoms with Crippen LogP contribution in [0, 0.1) is 13.8 Å². The number of para-hydroxylation sites is 1.